The minimum Gasteiger partial charge on any atom is -0.508 e. The van der Waals surface area contributed by atoms with Crippen LogP contribution in [0.4, 0.5) is 0 Å². The second kappa shape index (κ2) is 10.6. The normalized spacial score (nSPS) is 14.0. The molecule has 0 spiro atoms. The summed E-state index contributed by atoms with van der Waals surface area (Å²) >= 11 is 0. The van der Waals surface area contributed by atoms with Gasteiger partial charge in [-0.05, 0) is 53.6 Å². The van der Waals surface area contributed by atoms with E-state index in [0.29, 0.717) is 22.6 Å². The highest BCUT2D eigenvalue weighted by Gasteiger charge is 2.28. The number of carboxylic acid groups (broad SMARTS) is 1. The van der Waals surface area contributed by atoms with Crippen LogP contribution in [0.1, 0.15) is 21.5 Å². The summed E-state index contributed by atoms with van der Waals surface area (Å²) in [5.74, 6) is -0.601. The lowest BCUT2D eigenvalue weighted by atomic mass is 10.1. The van der Waals surface area contributed by atoms with Gasteiger partial charge in [-0.3, -0.25) is 9.59 Å². The lowest BCUT2D eigenvalue weighted by Crippen LogP contribution is -2.44. The van der Waals surface area contributed by atoms with Gasteiger partial charge in [0.2, 0.25) is 5.78 Å². The molecule has 36 heavy (non-hydrogen) atoms. The van der Waals surface area contributed by atoms with Crippen molar-refractivity contribution < 1.29 is 38.8 Å². The molecule has 4 rings (SSSR count). The van der Waals surface area contributed by atoms with Crippen molar-refractivity contribution in [1.29, 1.82) is 0 Å². The molecule has 0 saturated heterocycles. The van der Waals surface area contributed by atoms with Gasteiger partial charge in [0.05, 0.1) is 12.7 Å². The minimum absolute atomic E-state index is 0.0411. The molecule has 0 fully saturated rings. The number of benzene rings is 3. The van der Waals surface area contributed by atoms with Gasteiger partial charge in [-0.25, -0.2) is 4.79 Å². The topological polar surface area (TPSA) is 131 Å². The number of hydrogen-bond donors (Lipinski definition) is 3. The van der Waals surface area contributed by atoms with Crippen LogP contribution in [0.15, 0.2) is 72.5 Å². The standard InChI is InChI=1S/C27H23NO8/c1-34-19-8-4-17(5-9-19)13-24-26(31)21-11-10-20(14-23(21)36-24)35-15-25(30)28-22(27(32)33)12-16-2-6-18(29)7-3-16/h2-11,13-14,22,29H,12,15H2,1H3,(H,28,30)(H,32,33). The molecule has 9 nitrogen and oxygen atoms in total. The summed E-state index contributed by atoms with van der Waals surface area (Å²) in [5.41, 5.74) is 1.77. The summed E-state index contributed by atoms with van der Waals surface area (Å²) in [6.07, 6.45) is 1.66. The number of aromatic hydroxyl groups is 1. The van der Waals surface area contributed by atoms with Crippen molar-refractivity contribution in [3.05, 3.63) is 89.2 Å². The van der Waals surface area contributed by atoms with Crippen molar-refractivity contribution in [2.45, 2.75) is 12.5 Å². The lowest BCUT2D eigenvalue weighted by molar-refractivity contribution is -0.142. The highest BCUT2D eigenvalue weighted by molar-refractivity contribution is 6.14. The molecule has 0 saturated carbocycles. The summed E-state index contributed by atoms with van der Waals surface area (Å²) < 4.78 is 16.3. The number of methoxy groups -OCH3 is 1. The third-order valence-electron chi connectivity index (χ3n) is 5.43. The van der Waals surface area contributed by atoms with Gasteiger partial charge >= 0.3 is 5.97 Å². The fourth-order valence-corrected chi connectivity index (χ4v) is 3.56. The van der Waals surface area contributed by atoms with Gasteiger partial charge in [0.15, 0.2) is 12.4 Å². The summed E-state index contributed by atoms with van der Waals surface area (Å²) in [7, 11) is 1.57. The maximum absolute atomic E-state index is 12.7. The Kier molecular flexibility index (Phi) is 7.20. The first-order valence-corrected chi connectivity index (χ1v) is 11.0. The second-order valence-electron chi connectivity index (χ2n) is 7.99. The van der Waals surface area contributed by atoms with Crippen molar-refractivity contribution in [1.82, 2.24) is 5.32 Å². The van der Waals surface area contributed by atoms with Crippen LogP contribution in [0.3, 0.4) is 0 Å². The smallest absolute Gasteiger partial charge is 0.326 e. The number of phenolic OH excluding ortho intramolecular Hbond substituents is 1. The zero-order chi connectivity index (χ0) is 25.7. The summed E-state index contributed by atoms with van der Waals surface area (Å²) in [5, 5.41) is 21.2. The van der Waals surface area contributed by atoms with Gasteiger partial charge in [-0.2, -0.15) is 0 Å². The van der Waals surface area contributed by atoms with Crippen LogP contribution in [-0.4, -0.2) is 47.6 Å². The molecule has 0 bridgehead atoms. The molecule has 3 N–H and O–H groups in total. The van der Waals surface area contributed by atoms with Crippen molar-refractivity contribution >= 4 is 23.7 Å². The van der Waals surface area contributed by atoms with E-state index >= 15 is 0 Å². The van der Waals surface area contributed by atoms with Crippen LogP contribution in [-0.2, 0) is 16.0 Å². The lowest BCUT2D eigenvalue weighted by Gasteiger charge is -2.15. The minimum atomic E-state index is -1.20. The molecule has 0 aromatic heterocycles. The number of amides is 1. The molecule has 1 amide bonds. The second-order valence-corrected chi connectivity index (χ2v) is 7.99. The van der Waals surface area contributed by atoms with E-state index in [1.165, 1.54) is 24.3 Å². The van der Waals surface area contributed by atoms with Gasteiger partial charge in [0.25, 0.3) is 5.91 Å². The van der Waals surface area contributed by atoms with E-state index in [4.69, 9.17) is 14.2 Å². The number of rotatable bonds is 9. The number of ether oxygens (including phenoxy) is 3. The maximum atomic E-state index is 12.7. The van der Waals surface area contributed by atoms with Crippen molar-refractivity contribution in [3.8, 4) is 23.0 Å². The van der Waals surface area contributed by atoms with Gasteiger partial charge in [0, 0.05) is 12.5 Å². The van der Waals surface area contributed by atoms with Crippen LogP contribution in [0.5, 0.6) is 23.0 Å². The molecule has 1 aliphatic heterocycles. The predicted octanol–water partition coefficient (Wildman–Crippen LogP) is 3.21. The maximum Gasteiger partial charge on any atom is 0.326 e. The van der Waals surface area contributed by atoms with E-state index in [0.717, 1.165) is 5.56 Å². The van der Waals surface area contributed by atoms with Crippen LogP contribution in [0.2, 0.25) is 0 Å². The zero-order valence-electron chi connectivity index (χ0n) is 19.3. The molecule has 3 aromatic carbocycles. The number of carboxylic acids is 1. The van der Waals surface area contributed by atoms with Crippen LogP contribution in [0.25, 0.3) is 6.08 Å². The number of phenols is 1. The Bertz CT molecular complexity index is 1310. The third-order valence-corrected chi connectivity index (χ3v) is 5.43. The summed E-state index contributed by atoms with van der Waals surface area (Å²) in [6, 6.07) is 16.6. The number of nitrogens with one attached hydrogen (secondary N) is 1. The Balaban J connectivity index is 1.36. The number of fused-ring (bicyclic) bond motifs is 1. The number of ketones is 1. The van der Waals surface area contributed by atoms with E-state index in [1.807, 2.05) is 0 Å². The van der Waals surface area contributed by atoms with Gasteiger partial charge < -0.3 is 29.7 Å². The van der Waals surface area contributed by atoms with Crippen LogP contribution in [0, 0.1) is 0 Å². The quantitative estimate of drug-likeness (QED) is 0.391. The Morgan fingerprint density at radius 1 is 1.03 bits per heavy atom. The highest BCUT2D eigenvalue weighted by Crippen LogP contribution is 2.35. The number of Topliss-reactive ketones (excluding diaryl/α,β-unsaturated/α-hetero) is 1. The molecule has 1 heterocycles. The van der Waals surface area contributed by atoms with E-state index < -0.39 is 24.5 Å². The SMILES string of the molecule is COc1ccc(C=C2Oc3cc(OCC(=O)NC(Cc4ccc(O)cc4)C(=O)O)ccc3C2=O)cc1. The fourth-order valence-electron chi connectivity index (χ4n) is 3.56. The highest BCUT2D eigenvalue weighted by atomic mass is 16.5. The monoisotopic (exact) mass is 489 g/mol. The average Bonchev–Trinajstić information content (AvgIpc) is 3.18. The molecular formula is C27H23NO8. The van der Waals surface area contributed by atoms with Crippen molar-refractivity contribution in [3.63, 3.8) is 0 Å². The zero-order valence-corrected chi connectivity index (χ0v) is 19.3. The first kappa shape index (κ1) is 24.3. The van der Waals surface area contributed by atoms with E-state index in [-0.39, 0.29) is 29.5 Å². The number of carbonyl (C=O) groups excluding carboxylic acids is 2. The fraction of sp³-hybridized carbons (Fsp3) is 0.148. The number of allylic oxidation sites excluding steroid dienone is 1. The molecule has 0 radical (unpaired) electrons. The summed E-state index contributed by atoms with van der Waals surface area (Å²) in [4.78, 5) is 36.6. The Hall–Kier alpha value is -4.79. The molecule has 9 heteroatoms. The molecule has 0 aliphatic carbocycles. The third kappa shape index (κ3) is 5.82. The predicted molar refractivity (Wildman–Crippen MR) is 129 cm³/mol. The average molecular weight is 489 g/mol. The first-order valence-electron chi connectivity index (χ1n) is 11.0. The van der Waals surface area contributed by atoms with Crippen LogP contribution < -0.4 is 19.5 Å². The van der Waals surface area contributed by atoms with E-state index in [9.17, 15) is 24.6 Å². The molecule has 1 aliphatic rings. The first-order chi connectivity index (χ1) is 17.3. The molecule has 3 aromatic rings. The van der Waals surface area contributed by atoms with Gasteiger partial charge in [0.1, 0.15) is 29.0 Å². The summed E-state index contributed by atoms with van der Waals surface area (Å²) in [6.45, 7) is -0.430. The van der Waals surface area contributed by atoms with E-state index in [2.05, 4.69) is 5.32 Å². The van der Waals surface area contributed by atoms with Crippen LogP contribution >= 0.6 is 0 Å². The Labute approximate surface area is 206 Å². The molecule has 1 atom stereocenters. The number of carbonyl (C=O) groups is 3. The molecular weight excluding hydrogens is 466 g/mol. The van der Waals surface area contributed by atoms with Crippen molar-refractivity contribution in [2.24, 2.45) is 0 Å². The largest absolute Gasteiger partial charge is 0.508 e. The van der Waals surface area contributed by atoms with Crippen molar-refractivity contribution in [2.75, 3.05) is 13.7 Å². The Morgan fingerprint density at radius 3 is 2.39 bits per heavy atom. The van der Waals surface area contributed by atoms with Gasteiger partial charge in [-0.15, -0.1) is 0 Å². The Morgan fingerprint density at radius 2 is 1.72 bits per heavy atom. The van der Waals surface area contributed by atoms with E-state index in [1.54, 1.807) is 55.7 Å². The number of hydrogen-bond acceptors (Lipinski definition) is 7. The van der Waals surface area contributed by atoms with Gasteiger partial charge in [-0.1, -0.05) is 24.3 Å². The molecule has 1 unspecified atom stereocenters. The number of aliphatic carboxylic acids is 1. The molecule has 184 valence electrons.